The second kappa shape index (κ2) is 6.32. The molecular formula is C19H23N3O. The van der Waals surface area contributed by atoms with Crippen LogP contribution in [-0.2, 0) is 17.8 Å². The number of nitrogens with zero attached hydrogens (tertiary/aromatic N) is 1. The van der Waals surface area contributed by atoms with Crippen molar-refractivity contribution in [2.75, 3.05) is 24.3 Å². The van der Waals surface area contributed by atoms with Gasteiger partial charge in [-0.3, -0.25) is 4.79 Å². The van der Waals surface area contributed by atoms with Crippen LogP contribution in [0.1, 0.15) is 16.7 Å². The first-order valence-electron chi connectivity index (χ1n) is 7.94. The van der Waals surface area contributed by atoms with E-state index < -0.39 is 0 Å². The number of hydrogen-bond donors (Lipinski definition) is 2. The van der Waals surface area contributed by atoms with Crippen molar-refractivity contribution in [2.45, 2.75) is 25.9 Å². The van der Waals surface area contributed by atoms with Crippen LogP contribution in [0.5, 0.6) is 0 Å². The minimum atomic E-state index is -0.183. The van der Waals surface area contributed by atoms with E-state index in [2.05, 4.69) is 46.7 Å². The molecule has 0 bridgehead atoms. The Morgan fingerprint density at radius 2 is 2.00 bits per heavy atom. The van der Waals surface area contributed by atoms with Gasteiger partial charge in [-0.05, 0) is 29.7 Å². The van der Waals surface area contributed by atoms with Gasteiger partial charge in [-0.2, -0.15) is 0 Å². The summed E-state index contributed by atoms with van der Waals surface area (Å²) in [5, 5.41) is 6.42. The summed E-state index contributed by atoms with van der Waals surface area (Å²) >= 11 is 0. The normalized spacial score (nSPS) is 15.7. The molecule has 0 aromatic heterocycles. The van der Waals surface area contributed by atoms with Crippen molar-refractivity contribution >= 4 is 17.3 Å². The Morgan fingerprint density at radius 3 is 2.74 bits per heavy atom. The fourth-order valence-electron chi connectivity index (χ4n) is 3.11. The lowest BCUT2D eigenvalue weighted by Gasteiger charge is -2.18. The molecule has 0 fully saturated rings. The Labute approximate surface area is 137 Å². The fourth-order valence-corrected chi connectivity index (χ4v) is 3.11. The van der Waals surface area contributed by atoms with Crippen LogP contribution in [0.4, 0.5) is 11.4 Å². The van der Waals surface area contributed by atoms with Crippen molar-refractivity contribution in [1.29, 1.82) is 0 Å². The summed E-state index contributed by atoms with van der Waals surface area (Å²) in [5.41, 5.74) is 5.78. The first-order valence-corrected chi connectivity index (χ1v) is 7.94. The zero-order chi connectivity index (χ0) is 16.4. The summed E-state index contributed by atoms with van der Waals surface area (Å²) < 4.78 is 0. The quantitative estimate of drug-likeness (QED) is 0.913. The number of carbonyl (C=O) groups excluding carboxylic acids is 1. The van der Waals surface area contributed by atoms with E-state index in [1.54, 1.807) is 0 Å². The summed E-state index contributed by atoms with van der Waals surface area (Å²) in [6.45, 7) is 2.61. The molecule has 1 atom stereocenters. The minimum absolute atomic E-state index is 0.0501. The molecule has 0 radical (unpaired) electrons. The highest BCUT2D eigenvalue weighted by Crippen LogP contribution is 2.29. The number of anilines is 2. The summed E-state index contributed by atoms with van der Waals surface area (Å²) in [6.07, 6.45) is 0.748. The van der Waals surface area contributed by atoms with Gasteiger partial charge in [-0.15, -0.1) is 0 Å². The highest BCUT2D eigenvalue weighted by molar-refractivity contribution is 5.88. The van der Waals surface area contributed by atoms with E-state index in [0.717, 1.165) is 23.4 Å². The molecule has 2 N–H and O–H groups in total. The third-order valence-corrected chi connectivity index (χ3v) is 4.34. The van der Waals surface area contributed by atoms with Gasteiger partial charge in [0.05, 0.1) is 0 Å². The molecule has 1 aliphatic heterocycles. The van der Waals surface area contributed by atoms with Gasteiger partial charge in [0, 0.05) is 38.4 Å². The van der Waals surface area contributed by atoms with Crippen LogP contribution in [0.25, 0.3) is 0 Å². The Bertz CT molecular complexity index is 724. The van der Waals surface area contributed by atoms with Crippen molar-refractivity contribution in [3.63, 3.8) is 0 Å². The topological polar surface area (TPSA) is 44.4 Å². The lowest BCUT2D eigenvalue weighted by Crippen LogP contribution is -2.38. The van der Waals surface area contributed by atoms with E-state index in [9.17, 15) is 4.79 Å². The molecule has 120 valence electrons. The number of hydrogen-bond acceptors (Lipinski definition) is 3. The van der Waals surface area contributed by atoms with Crippen molar-refractivity contribution < 1.29 is 4.79 Å². The number of rotatable bonds is 4. The number of nitrogens with one attached hydrogen (secondary N) is 2. The van der Waals surface area contributed by atoms with Gasteiger partial charge in [-0.1, -0.05) is 36.4 Å². The van der Waals surface area contributed by atoms with Crippen LogP contribution in [-0.4, -0.2) is 26.0 Å². The summed E-state index contributed by atoms with van der Waals surface area (Å²) in [5.74, 6) is 0.0501. The van der Waals surface area contributed by atoms with Crippen LogP contribution in [0.3, 0.4) is 0 Å². The van der Waals surface area contributed by atoms with Crippen molar-refractivity contribution in [2.24, 2.45) is 0 Å². The Kier molecular flexibility index (Phi) is 4.24. The van der Waals surface area contributed by atoms with Gasteiger partial charge in [0.15, 0.2) is 0 Å². The molecule has 2 aromatic carbocycles. The second-order valence-electron chi connectivity index (χ2n) is 6.25. The van der Waals surface area contributed by atoms with Crippen LogP contribution in [0.15, 0.2) is 42.5 Å². The van der Waals surface area contributed by atoms with E-state index in [0.29, 0.717) is 6.54 Å². The molecule has 0 aliphatic carbocycles. The van der Waals surface area contributed by atoms with Crippen molar-refractivity contribution in [1.82, 2.24) is 5.32 Å². The van der Waals surface area contributed by atoms with Gasteiger partial charge in [0.25, 0.3) is 0 Å². The van der Waals surface area contributed by atoms with E-state index in [4.69, 9.17) is 0 Å². The Balaban J connectivity index is 1.65. The second-order valence-corrected chi connectivity index (χ2v) is 6.25. The monoisotopic (exact) mass is 309 g/mol. The first kappa shape index (κ1) is 15.4. The number of amides is 1. The van der Waals surface area contributed by atoms with Gasteiger partial charge in [0.2, 0.25) is 5.91 Å². The SMILES string of the molecule is Cc1cccc2c1NC(C(=O)NCc1ccccc1N(C)C)C2. The average molecular weight is 309 g/mol. The molecule has 4 nitrogen and oxygen atoms in total. The summed E-state index contributed by atoms with van der Waals surface area (Å²) in [4.78, 5) is 14.6. The maximum atomic E-state index is 12.5. The number of carbonyl (C=O) groups is 1. The van der Waals surface area contributed by atoms with E-state index in [-0.39, 0.29) is 11.9 Å². The zero-order valence-corrected chi connectivity index (χ0v) is 13.9. The Hall–Kier alpha value is -2.49. The van der Waals surface area contributed by atoms with Gasteiger partial charge < -0.3 is 15.5 Å². The van der Waals surface area contributed by atoms with Crippen LogP contribution in [0.2, 0.25) is 0 Å². The maximum absolute atomic E-state index is 12.5. The molecule has 23 heavy (non-hydrogen) atoms. The number of para-hydroxylation sites is 2. The van der Waals surface area contributed by atoms with Crippen LogP contribution in [0, 0.1) is 6.92 Å². The molecule has 0 saturated heterocycles. The minimum Gasteiger partial charge on any atom is -0.377 e. The first-order chi connectivity index (χ1) is 11.1. The molecule has 0 saturated carbocycles. The summed E-state index contributed by atoms with van der Waals surface area (Å²) in [7, 11) is 4.02. The third-order valence-electron chi connectivity index (χ3n) is 4.34. The largest absolute Gasteiger partial charge is 0.377 e. The van der Waals surface area contributed by atoms with Crippen LogP contribution >= 0.6 is 0 Å². The molecule has 1 heterocycles. The van der Waals surface area contributed by atoms with Crippen LogP contribution < -0.4 is 15.5 Å². The van der Waals surface area contributed by atoms with Gasteiger partial charge in [0.1, 0.15) is 6.04 Å². The molecular weight excluding hydrogens is 286 g/mol. The predicted octanol–water partition coefficient (Wildman–Crippen LogP) is 2.71. The molecule has 2 aromatic rings. The number of fused-ring (bicyclic) bond motifs is 1. The highest BCUT2D eigenvalue weighted by Gasteiger charge is 2.27. The molecule has 1 unspecified atom stereocenters. The molecule has 3 rings (SSSR count). The highest BCUT2D eigenvalue weighted by atomic mass is 16.2. The maximum Gasteiger partial charge on any atom is 0.243 e. The molecule has 1 aliphatic rings. The average Bonchev–Trinajstić information content (AvgIpc) is 2.98. The van der Waals surface area contributed by atoms with E-state index in [1.165, 1.54) is 11.1 Å². The number of aryl methyl sites for hydroxylation is 1. The zero-order valence-electron chi connectivity index (χ0n) is 13.9. The van der Waals surface area contributed by atoms with Crippen molar-refractivity contribution in [3.05, 3.63) is 59.2 Å². The van der Waals surface area contributed by atoms with Crippen molar-refractivity contribution in [3.8, 4) is 0 Å². The van der Waals surface area contributed by atoms with E-state index >= 15 is 0 Å². The summed E-state index contributed by atoms with van der Waals surface area (Å²) in [6, 6.07) is 14.1. The molecule has 4 heteroatoms. The van der Waals surface area contributed by atoms with Gasteiger partial charge in [-0.25, -0.2) is 0 Å². The predicted molar refractivity (Wildman–Crippen MR) is 94.9 cm³/mol. The lowest BCUT2D eigenvalue weighted by molar-refractivity contribution is -0.121. The third kappa shape index (κ3) is 3.16. The Morgan fingerprint density at radius 1 is 1.22 bits per heavy atom. The lowest BCUT2D eigenvalue weighted by atomic mass is 10.1. The molecule has 0 spiro atoms. The smallest absolute Gasteiger partial charge is 0.243 e. The fraction of sp³-hybridized carbons (Fsp3) is 0.316. The number of benzene rings is 2. The molecule has 1 amide bonds. The van der Waals surface area contributed by atoms with Gasteiger partial charge >= 0.3 is 0 Å². The van der Waals surface area contributed by atoms with E-state index in [1.807, 2.05) is 32.3 Å². The standard InChI is InChI=1S/C19H23N3O/c1-13-7-6-9-14-11-16(21-18(13)14)19(23)20-12-15-8-4-5-10-17(15)22(2)3/h4-10,16,21H,11-12H2,1-3H3,(H,20,23).